The van der Waals surface area contributed by atoms with Gasteiger partial charge in [0, 0.05) is 30.6 Å². The number of halogens is 1. The third-order valence-electron chi connectivity index (χ3n) is 3.41. The molecule has 1 aliphatic rings. The van der Waals surface area contributed by atoms with Crippen molar-refractivity contribution in [3.05, 3.63) is 47.0 Å². The normalized spacial score (nSPS) is 13.6. The number of nitrogens with zero attached hydrogens (tertiary/aromatic N) is 2. The Labute approximate surface area is 121 Å². The molecule has 2 aromatic rings. The number of hydrogen-bond donors (Lipinski definition) is 1. The number of benzene rings is 1. The van der Waals surface area contributed by atoms with Gasteiger partial charge >= 0.3 is 5.97 Å². The van der Waals surface area contributed by atoms with E-state index in [0.29, 0.717) is 17.9 Å². The monoisotopic (exact) mass is 287 g/mol. The van der Waals surface area contributed by atoms with Crippen LogP contribution in [-0.2, 0) is 17.7 Å². The number of hydrogen-bond acceptors (Lipinski definition) is 5. The van der Waals surface area contributed by atoms with Gasteiger partial charge in [-0.25, -0.2) is 19.2 Å². The highest BCUT2D eigenvalue weighted by molar-refractivity contribution is 5.89. The summed E-state index contributed by atoms with van der Waals surface area (Å²) in [6.45, 7) is 1.34. The molecule has 0 fully saturated rings. The Morgan fingerprint density at radius 2 is 2.05 bits per heavy atom. The van der Waals surface area contributed by atoms with Crippen LogP contribution in [0.2, 0.25) is 0 Å². The van der Waals surface area contributed by atoms with E-state index in [1.54, 1.807) is 12.1 Å². The Hall–Kier alpha value is -2.34. The fourth-order valence-corrected chi connectivity index (χ4v) is 2.34. The van der Waals surface area contributed by atoms with E-state index >= 15 is 0 Å². The third-order valence-corrected chi connectivity index (χ3v) is 3.41. The summed E-state index contributed by atoms with van der Waals surface area (Å²) in [4.78, 5) is 20.7. The molecule has 0 atom stereocenters. The molecule has 2 heterocycles. The molecule has 0 amide bonds. The molecule has 108 valence electrons. The van der Waals surface area contributed by atoms with Gasteiger partial charge in [0.05, 0.1) is 12.8 Å². The maximum absolute atomic E-state index is 13.0. The molecule has 0 saturated carbocycles. The second kappa shape index (κ2) is 5.57. The molecule has 1 N–H and O–H groups in total. The van der Waals surface area contributed by atoms with Gasteiger partial charge in [-0.15, -0.1) is 0 Å². The zero-order valence-electron chi connectivity index (χ0n) is 11.5. The van der Waals surface area contributed by atoms with E-state index in [1.165, 1.54) is 19.2 Å². The summed E-state index contributed by atoms with van der Waals surface area (Å²) in [5, 5.41) is 3.19. The summed E-state index contributed by atoms with van der Waals surface area (Å²) in [5.74, 6) is -0.397. The van der Waals surface area contributed by atoms with Gasteiger partial charge in [0.15, 0.2) is 11.5 Å². The van der Waals surface area contributed by atoms with E-state index in [9.17, 15) is 9.18 Å². The first-order valence-corrected chi connectivity index (χ1v) is 6.64. The van der Waals surface area contributed by atoms with Crippen LogP contribution in [0.1, 0.15) is 21.7 Å². The van der Waals surface area contributed by atoms with Crippen LogP contribution in [0.5, 0.6) is 0 Å². The van der Waals surface area contributed by atoms with Gasteiger partial charge in [-0.2, -0.15) is 0 Å². The summed E-state index contributed by atoms with van der Waals surface area (Å²) in [7, 11) is 1.32. The number of fused-ring (bicyclic) bond motifs is 1. The van der Waals surface area contributed by atoms with Gasteiger partial charge in [-0.3, -0.25) is 0 Å². The zero-order chi connectivity index (χ0) is 14.8. The summed E-state index contributed by atoms with van der Waals surface area (Å²) in [6, 6.07) is 5.88. The van der Waals surface area contributed by atoms with E-state index < -0.39 is 5.97 Å². The Kier molecular flexibility index (Phi) is 3.62. The molecule has 1 aliphatic heterocycles. The third kappa shape index (κ3) is 2.62. The lowest BCUT2D eigenvalue weighted by atomic mass is 10.0. The molecule has 0 unspecified atom stereocenters. The van der Waals surface area contributed by atoms with Crippen LogP contribution in [-0.4, -0.2) is 29.6 Å². The first kappa shape index (κ1) is 13.6. The van der Waals surface area contributed by atoms with Crippen molar-refractivity contribution in [3.63, 3.8) is 0 Å². The van der Waals surface area contributed by atoms with Gasteiger partial charge in [0.1, 0.15) is 5.82 Å². The van der Waals surface area contributed by atoms with Crippen LogP contribution < -0.4 is 5.32 Å². The van der Waals surface area contributed by atoms with Crippen molar-refractivity contribution in [2.75, 3.05) is 13.7 Å². The molecule has 5 nitrogen and oxygen atoms in total. The first-order valence-electron chi connectivity index (χ1n) is 6.64. The van der Waals surface area contributed by atoms with Crippen LogP contribution in [0, 0.1) is 5.82 Å². The van der Waals surface area contributed by atoms with E-state index in [1.807, 2.05) is 0 Å². The van der Waals surface area contributed by atoms with E-state index in [2.05, 4.69) is 15.3 Å². The number of ether oxygens (including phenoxy) is 1. The minimum atomic E-state index is -0.485. The highest BCUT2D eigenvalue weighted by Crippen LogP contribution is 2.22. The predicted molar refractivity (Wildman–Crippen MR) is 74.2 cm³/mol. The Morgan fingerprint density at radius 1 is 1.29 bits per heavy atom. The van der Waals surface area contributed by atoms with Crippen molar-refractivity contribution in [3.8, 4) is 11.4 Å². The number of esters is 1. The molecule has 0 radical (unpaired) electrons. The van der Waals surface area contributed by atoms with Gasteiger partial charge in [-0.05, 0) is 24.3 Å². The van der Waals surface area contributed by atoms with Crippen molar-refractivity contribution in [1.82, 2.24) is 15.3 Å². The van der Waals surface area contributed by atoms with Crippen LogP contribution in [0.3, 0.4) is 0 Å². The molecule has 0 saturated heterocycles. The minimum Gasteiger partial charge on any atom is -0.464 e. The topological polar surface area (TPSA) is 64.1 Å². The maximum Gasteiger partial charge on any atom is 0.357 e. The zero-order valence-corrected chi connectivity index (χ0v) is 11.5. The van der Waals surface area contributed by atoms with Crippen molar-refractivity contribution >= 4 is 5.97 Å². The SMILES string of the molecule is COC(=O)c1nc(-c2ccc(F)cc2)nc2c1CNCC2. The molecule has 1 aromatic heterocycles. The number of methoxy groups -OCH3 is 1. The van der Waals surface area contributed by atoms with Gasteiger partial charge in [0.25, 0.3) is 0 Å². The molecule has 6 heteroatoms. The lowest BCUT2D eigenvalue weighted by Crippen LogP contribution is -2.28. The van der Waals surface area contributed by atoms with Gasteiger partial charge in [0.2, 0.25) is 0 Å². The molecule has 0 aliphatic carbocycles. The van der Waals surface area contributed by atoms with Crippen molar-refractivity contribution < 1.29 is 13.9 Å². The van der Waals surface area contributed by atoms with Crippen molar-refractivity contribution in [2.24, 2.45) is 0 Å². The van der Waals surface area contributed by atoms with Gasteiger partial charge in [-0.1, -0.05) is 0 Å². The second-order valence-corrected chi connectivity index (χ2v) is 4.75. The quantitative estimate of drug-likeness (QED) is 0.852. The van der Waals surface area contributed by atoms with Crippen LogP contribution in [0.15, 0.2) is 24.3 Å². The average molecular weight is 287 g/mol. The fraction of sp³-hybridized carbons (Fsp3) is 0.267. The Morgan fingerprint density at radius 3 is 2.76 bits per heavy atom. The van der Waals surface area contributed by atoms with Gasteiger partial charge < -0.3 is 10.1 Å². The maximum atomic E-state index is 13.0. The van der Waals surface area contributed by atoms with E-state index in [-0.39, 0.29) is 11.5 Å². The molecule has 3 rings (SSSR count). The molecular formula is C15H14FN3O2. The van der Waals surface area contributed by atoms with Crippen molar-refractivity contribution in [2.45, 2.75) is 13.0 Å². The lowest BCUT2D eigenvalue weighted by Gasteiger charge is -2.19. The summed E-state index contributed by atoms with van der Waals surface area (Å²) in [5.41, 5.74) is 2.55. The highest BCUT2D eigenvalue weighted by Gasteiger charge is 2.22. The summed E-state index contributed by atoms with van der Waals surface area (Å²) < 4.78 is 17.8. The largest absolute Gasteiger partial charge is 0.464 e. The number of carbonyl (C=O) groups excluding carboxylic acids is 1. The number of nitrogens with one attached hydrogen (secondary N) is 1. The highest BCUT2D eigenvalue weighted by atomic mass is 19.1. The predicted octanol–water partition coefficient (Wildman–Crippen LogP) is 1.71. The van der Waals surface area contributed by atoms with Crippen LogP contribution in [0.4, 0.5) is 4.39 Å². The number of rotatable bonds is 2. The molecule has 0 spiro atoms. The van der Waals surface area contributed by atoms with Crippen LogP contribution >= 0.6 is 0 Å². The first-order chi connectivity index (χ1) is 10.2. The standard InChI is InChI=1S/C15H14FN3O2/c1-21-15(20)13-11-8-17-7-6-12(11)18-14(19-13)9-2-4-10(16)5-3-9/h2-5,17H,6-8H2,1H3. The summed E-state index contributed by atoms with van der Waals surface area (Å²) >= 11 is 0. The number of carbonyl (C=O) groups is 1. The van der Waals surface area contributed by atoms with E-state index in [0.717, 1.165) is 24.2 Å². The smallest absolute Gasteiger partial charge is 0.357 e. The molecule has 21 heavy (non-hydrogen) atoms. The second-order valence-electron chi connectivity index (χ2n) is 4.75. The Balaban J connectivity index is 2.13. The van der Waals surface area contributed by atoms with E-state index in [4.69, 9.17) is 4.74 Å². The Bertz CT molecular complexity index is 686. The van der Waals surface area contributed by atoms with Crippen LogP contribution in [0.25, 0.3) is 11.4 Å². The number of aromatic nitrogens is 2. The molecule has 1 aromatic carbocycles. The summed E-state index contributed by atoms with van der Waals surface area (Å²) in [6.07, 6.45) is 0.718. The molecule has 0 bridgehead atoms. The lowest BCUT2D eigenvalue weighted by molar-refractivity contribution is 0.0592. The average Bonchev–Trinajstić information content (AvgIpc) is 2.53. The minimum absolute atomic E-state index is 0.272. The fourth-order valence-electron chi connectivity index (χ4n) is 2.34. The molecular weight excluding hydrogens is 273 g/mol. The van der Waals surface area contributed by atoms with Crippen molar-refractivity contribution in [1.29, 1.82) is 0 Å².